The van der Waals surface area contributed by atoms with Gasteiger partial charge in [0.25, 0.3) is 0 Å². The Morgan fingerprint density at radius 1 is 0.953 bits per heavy atom. The number of carbonyl (C=O) groups excluding carboxylic acids is 2. The van der Waals surface area contributed by atoms with Crippen molar-refractivity contribution in [2.75, 3.05) is 25.0 Å². The zero-order valence-electron chi connectivity index (χ0n) is 25.2. The highest BCUT2D eigenvalue weighted by Crippen LogP contribution is 2.40. The van der Waals surface area contributed by atoms with Crippen LogP contribution in [0.15, 0.2) is 54.6 Å². The van der Waals surface area contributed by atoms with Crippen LogP contribution < -0.4 is 15.4 Å². The van der Waals surface area contributed by atoms with Gasteiger partial charge in [0.2, 0.25) is 11.8 Å². The summed E-state index contributed by atoms with van der Waals surface area (Å²) in [6.45, 7) is 10.2. The predicted molar refractivity (Wildman–Crippen MR) is 158 cm³/mol. The zero-order valence-corrected chi connectivity index (χ0v) is 25.2. The number of benzene rings is 3. The fourth-order valence-electron chi connectivity index (χ4n) is 5.36. The molecular weight excluding hydrogens is 559 g/mol. The number of hydrogen-bond donors (Lipinski definition) is 2. The van der Waals surface area contributed by atoms with Crippen LogP contribution in [0.1, 0.15) is 57.2 Å². The number of nitrogens with one attached hydrogen (secondary N) is 2. The van der Waals surface area contributed by atoms with Crippen molar-refractivity contribution < 1.29 is 32.3 Å². The Morgan fingerprint density at radius 3 is 2.23 bits per heavy atom. The largest absolute Gasteiger partial charge is 0.454 e. The van der Waals surface area contributed by atoms with Crippen LogP contribution >= 0.6 is 0 Å². The van der Waals surface area contributed by atoms with Crippen molar-refractivity contribution in [2.24, 2.45) is 0 Å². The molecule has 0 aromatic heterocycles. The van der Waals surface area contributed by atoms with Crippen LogP contribution in [-0.4, -0.2) is 42.1 Å². The topological polar surface area (TPSA) is 79.9 Å². The highest BCUT2D eigenvalue weighted by Gasteiger charge is 2.35. The fourth-order valence-corrected chi connectivity index (χ4v) is 5.36. The number of piperidine rings is 1. The molecule has 43 heavy (non-hydrogen) atoms. The second-order valence-corrected chi connectivity index (χ2v) is 12.0. The predicted octanol–water partition coefficient (Wildman–Crippen LogP) is 6.59. The van der Waals surface area contributed by atoms with E-state index in [1.165, 1.54) is 6.92 Å². The number of hydrogen-bond acceptors (Lipinski definition) is 5. The van der Waals surface area contributed by atoms with Gasteiger partial charge in [-0.05, 0) is 101 Å². The molecule has 3 aromatic rings. The molecule has 0 unspecified atom stereocenters. The van der Waals surface area contributed by atoms with Crippen LogP contribution in [0.2, 0.25) is 0 Å². The SMILES string of the molecule is CC(=O)N(CC(=O)Nc1ccc(C)c(C2(Cc3ccc(Oc4cc(F)c(F)cc4F)cc3)CCNCC2)c1)OC(C)(C)C. The van der Waals surface area contributed by atoms with Gasteiger partial charge in [-0.3, -0.25) is 14.4 Å². The molecule has 0 radical (unpaired) electrons. The van der Waals surface area contributed by atoms with Gasteiger partial charge in [-0.15, -0.1) is 0 Å². The van der Waals surface area contributed by atoms with E-state index < -0.39 is 28.8 Å². The van der Waals surface area contributed by atoms with Gasteiger partial charge in [0, 0.05) is 30.2 Å². The average molecular weight is 598 g/mol. The molecule has 0 spiro atoms. The van der Waals surface area contributed by atoms with Gasteiger partial charge in [0.1, 0.15) is 12.3 Å². The summed E-state index contributed by atoms with van der Waals surface area (Å²) in [5, 5.41) is 7.41. The van der Waals surface area contributed by atoms with E-state index in [2.05, 4.69) is 10.6 Å². The summed E-state index contributed by atoms with van der Waals surface area (Å²) in [5.41, 5.74) is 2.99. The Morgan fingerprint density at radius 2 is 1.60 bits per heavy atom. The molecule has 2 amide bonds. The van der Waals surface area contributed by atoms with Gasteiger partial charge in [0.05, 0.1) is 5.60 Å². The first-order valence-electron chi connectivity index (χ1n) is 14.2. The Labute approximate surface area is 250 Å². The van der Waals surface area contributed by atoms with Gasteiger partial charge in [-0.25, -0.2) is 18.2 Å². The van der Waals surface area contributed by atoms with Crippen molar-refractivity contribution in [3.63, 3.8) is 0 Å². The molecule has 2 N–H and O–H groups in total. The third-order valence-corrected chi connectivity index (χ3v) is 7.34. The number of rotatable bonds is 9. The third kappa shape index (κ3) is 8.36. The zero-order chi connectivity index (χ0) is 31.4. The highest BCUT2D eigenvalue weighted by molar-refractivity contribution is 5.94. The van der Waals surface area contributed by atoms with E-state index >= 15 is 0 Å². The minimum absolute atomic E-state index is 0.231. The third-order valence-electron chi connectivity index (χ3n) is 7.34. The number of hydroxylamine groups is 2. The quantitative estimate of drug-likeness (QED) is 0.215. The minimum Gasteiger partial charge on any atom is -0.454 e. The molecule has 1 fully saturated rings. The van der Waals surface area contributed by atoms with Crippen molar-refractivity contribution in [3.8, 4) is 11.5 Å². The molecule has 4 rings (SSSR count). The molecule has 0 atom stereocenters. The van der Waals surface area contributed by atoms with Crippen LogP contribution in [0.5, 0.6) is 11.5 Å². The second-order valence-electron chi connectivity index (χ2n) is 12.0. The average Bonchev–Trinajstić information content (AvgIpc) is 2.93. The number of aryl methyl sites for hydroxylation is 1. The van der Waals surface area contributed by atoms with Crippen molar-refractivity contribution in [3.05, 3.63) is 88.7 Å². The molecule has 0 bridgehead atoms. The van der Waals surface area contributed by atoms with Crippen LogP contribution in [0.3, 0.4) is 0 Å². The lowest BCUT2D eigenvalue weighted by Gasteiger charge is -2.40. The van der Waals surface area contributed by atoms with Gasteiger partial charge in [-0.1, -0.05) is 18.2 Å². The van der Waals surface area contributed by atoms with E-state index in [4.69, 9.17) is 9.57 Å². The summed E-state index contributed by atoms with van der Waals surface area (Å²) in [5.74, 6) is -4.30. The van der Waals surface area contributed by atoms with Crippen LogP contribution in [-0.2, 0) is 26.3 Å². The lowest BCUT2D eigenvalue weighted by atomic mass is 9.68. The molecule has 3 aromatic carbocycles. The first kappa shape index (κ1) is 32.0. The molecule has 1 aliphatic heterocycles. The first-order chi connectivity index (χ1) is 20.2. The summed E-state index contributed by atoms with van der Waals surface area (Å²) in [7, 11) is 0. The van der Waals surface area contributed by atoms with E-state index in [0.29, 0.717) is 30.0 Å². The smallest absolute Gasteiger partial charge is 0.246 e. The maximum Gasteiger partial charge on any atom is 0.246 e. The number of anilines is 1. The number of halogens is 3. The second kappa shape index (κ2) is 13.2. The molecule has 7 nitrogen and oxygen atoms in total. The van der Waals surface area contributed by atoms with Gasteiger partial charge in [0.15, 0.2) is 23.2 Å². The fraction of sp³-hybridized carbons (Fsp3) is 0.394. The van der Waals surface area contributed by atoms with E-state index in [1.54, 1.807) is 32.9 Å². The van der Waals surface area contributed by atoms with Crippen molar-refractivity contribution in [1.82, 2.24) is 10.4 Å². The van der Waals surface area contributed by atoms with Gasteiger partial charge >= 0.3 is 0 Å². The number of amides is 2. The molecule has 0 aliphatic carbocycles. The summed E-state index contributed by atoms with van der Waals surface area (Å²) in [4.78, 5) is 30.6. The van der Waals surface area contributed by atoms with E-state index in [0.717, 1.165) is 47.7 Å². The molecule has 230 valence electrons. The van der Waals surface area contributed by atoms with E-state index in [9.17, 15) is 22.8 Å². The van der Waals surface area contributed by atoms with Crippen molar-refractivity contribution in [2.45, 2.75) is 64.9 Å². The number of ether oxygens (including phenoxy) is 1. The Balaban J connectivity index is 1.53. The van der Waals surface area contributed by atoms with E-state index in [-0.39, 0.29) is 23.8 Å². The van der Waals surface area contributed by atoms with Gasteiger partial charge in [-0.2, -0.15) is 0 Å². The molecule has 10 heteroatoms. The van der Waals surface area contributed by atoms with E-state index in [1.807, 2.05) is 37.3 Å². The Bertz CT molecular complexity index is 1470. The standard InChI is InChI=1S/C33H38F3N3O4/c1-21-6-9-24(38-31(41)20-39(22(2)40)43-32(3,4)5)16-26(21)33(12-14-37-15-13-33)19-23-7-10-25(11-8-23)42-30-18-28(35)27(34)17-29(30)36/h6-11,16-18,37H,12-15,19-20H2,1-5H3,(H,38,41). The van der Waals surface area contributed by atoms with Crippen LogP contribution in [0.25, 0.3) is 0 Å². The molecule has 1 heterocycles. The maximum atomic E-state index is 14.1. The highest BCUT2D eigenvalue weighted by atomic mass is 19.2. The van der Waals surface area contributed by atoms with Crippen LogP contribution in [0.4, 0.5) is 18.9 Å². The molecule has 1 aliphatic rings. The Kier molecular flexibility index (Phi) is 9.82. The molecule has 1 saturated heterocycles. The van der Waals surface area contributed by atoms with Crippen LogP contribution in [0, 0.1) is 24.4 Å². The number of nitrogens with zero attached hydrogens (tertiary/aromatic N) is 1. The summed E-state index contributed by atoms with van der Waals surface area (Å²) in [6, 6.07) is 14.1. The Hall–Kier alpha value is -3.89. The summed E-state index contributed by atoms with van der Waals surface area (Å²) in [6.07, 6.45) is 2.42. The summed E-state index contributed by atoms with van der Waals surface area (Å²) < 4.78 is 46.4. The monoisotopic (exact) mass is 597 g/mol. The maximum absolute atomic E-state index is 14.1. The first-order valence-corrected chi connectivity index (χ1v) is 14.2. The van der Waals surface area contributed by atoms with Crippen molar-refractivity contribution in [1.29, 1.82) is 0 Å². The van der Waals surface area contributed by atoms with Gasteiger partial charge < -0.3 is 15.4 Å². The lowest BCUT2D eigenvalue weighted by Crippen LogP contribution is -2.42. The lowest BCUT2D eigenvalue weighted by molar-refractivity contribution is -0.223. The number of carbonyl (C=O) groups is 2. The molecular formula is C33H38F3N3O4. The van der Waals surface area contributed by atoms with Crippen molar-refractivity contribution >= 4 is 17.5 Å². The summed E-state index contributed by atoms with van der Waals surface area (Å²) >= 11 is 0. The minimum atomic E-state index is -1.28. The molecule has 0 saturated carbocycles. The normalized spacial score (nSPS) is 14.7.